The SMILES string of the molecule is CC1(C)CCC(Nc2ccc(Br)c(C(F)(F)F)c2)C1. The van der Waals surface area contributed by atoms with Crippen LogP contribution >= 0.6 is 15.9 Å². The minimum Gasteiger partial charge on any atom is -0.382 e. The van der Waals surface area contributed by atoms with Gasteiger partial charge in [0.15, 0.2) is 0 Å². The lowest BCUT2D eigenvalue weighted by molar-refractivity contribution is -0.138. The molecule has 1 N–H and O–H groups in total. The summed E-state index contributed by atoms with van der Waals surface area (Å²) in [6, 6.07) is 4.57. The first-order valence-corrected chi connectivity index (χ1v) is 7.10. The number of rotatable bonds is 2. The van der Waals surface area contributed by atoms with Gasteiger partial charge in [0.25, 0.3) is 0 Å². The quantitative estimate of drug-likeness (QED) is 0.756. The Balaban J connectivity index is 2.14. The number of alkyl halides is 3. The summed E-state index contributed by atoms with van der Waals surface area (Å²) in [7, 11) is 0. The maximum Gasteiger partial charge on any atom is 0.417 e. The summed E-state index contributed by atoms with van der Waals surface area (Å²) in [5.41, 5.74) is 0.188. The van der Waals surface area contributed by atoms with Crippen LogP contribution in [-0.4, -0.2) is 6.04 Å². The molecule has 0 radical (unpaired) electrons. The molecule has 1 aliphatic carbocycles. The lowest BCUT2D eigenvalue weighted by atomic mass is 9.92. The van der Waals surface area contributed by atoms with Crippen LogP contribution in [0.2, 0.25) is 0 Å². The Morgan fingerprint density at radius 2 is 2.00 bits per heavy atom. The van der Waals surface area contributed by atoms with E-state index in [2.05, 4.69) is 35.1 Å². The fraction of sp³-hybridized carbons (Fsp3) is 0.571. The summed E-state index contributed by atoms with van der Waals surface area (Å²) < 4.78 is 38.5. The van der Waals surface area contributed by atoms with E-state index in [9.17, 15) is 13.2 Å². The topological polar surface area (TPSA) is 12.0 Å². The molecule has 106 valence electrons. The van der Waals surface area contributed by atoms with Crippen molar-refractivity contribution in [2.45, 2.75) is 45.3 Å². The summed E-state index contributed by atoms with van der Waals surface area (Å²) in [6.07, 6.45) is -1.23. The van der Waals surface area contributed by atoms with E-state index in [-0.39, 0.29) is 15.9 Å². The Kier molecular flexibility index (Phi) is 3.87. The first kappa shape index (κ1) is 14.7. The Morgan fingerprint density at radius 3 is 2.53 bits per heavy atom. The summed E-state index contributed by atoms with van der Waals surface area (Å²) in [5.74, 6) is 0. The van der Waals surface area contributed by atoms with Gasteiger partial charge in [-0.2, -0.15) is 13.2 Å². The molecular formula is C14H17BrF3N. The third kappa shape index (κ3) is 3.65. The molecule has 1 saturated carbocycles. The molecule has 0 amide bonds. The zero-order valence-corrected chi connectivity index (χ0v) is 12.5. The monoisotopic (exact) mass is 335 g/mol. The fourth-order valence-electron chi connectivity index (χ4n) is 2.63. The summed E-state index contributed by atoms with van der Waals surface area (Å²) in [6.45, 7) is 4.38. The molecule has 0 spiro atoms. The molecule has 5 heteroatoms. The molecule has 1 aliphatic rings. The smallest absolute Gasteiger partial charge is 0.382 e. The van der Waals surface area contributed by atoms with E-state index >= 15 is 0 Å². The molecule has 1 atom stereocenters. The van der Waals surface area contributed by atoms with Crippen molar-refractivity contribution in [3.63, 3.8) is 0 Å². The highest BCUT2D eigenvalue weighted by Gasteiger charge is 2.34. The second-order valence-electron chi connectivity index (χ2n) is 5.94. The largest absolute Gasteiger partial charge is 0.417 e. The minimum atomic E-state index is -4.33. The molecule has 1 fully saturated rings. The predicted octanol–water partition coefficient (Wildman–Crippen LogP) is 5.46. The Hall–Kier alpha value is -0.710. The number of benzene rings is 1. The van der Waals surface area contributed by atoms with Gasteiger partial charge in [-0.25, -0.2) is 0 Å². The molecule has 0 heterocycles. The second-order valence-corrected chi connectivity index (χ2v) is 6.79. The molecule has 1 unspecified atom stereocenters. The standard InChI is InChI=1S/C14H17BrF3N/c1-13(2)6-5-10(8-13)19-9-3-4-12(15)11(7-9)14(16,17)18/h3-4,7,10,19H,5-6,8H2,1-2H3. The minimum absolute atomic E-state index is 0.0808. The molecule has 0 saturated heterocycles. The third-order valence-corrected chi connectivity index (χ3v) is 4.30. The lowest BCUT2D eigenvalue weighted by Gasteiger charge is -2.19. The summed E-state index contributed by atoms with van der Waals surface area (Å²) >= 11 is 2.95. The summed E-state index contributed by atoms with van der Waals surface area (Å²) in [4.78, 5) is 0. The molecule has 2 rings (SSSR count). The Labute approximate surface area is 119 Å². The van der Waals surface area contributed by atoms with Crippen LogP contribution < -0.4 is 5.32 Å². The molecule has 0 bridgehead atoms. The van der Waals surface area contributed by atoms with Crippen molar-refractivity contribution in [2.24, 2.45) is 5.41 Å². The number of hydrogen-bond acceptors (Lipinski definition) is 1. The van der Waals surface area contributed by atoms with Crippen molar-refractivity contribution in [3.05, 3.63) is 28.2 Å². The molecule has 0 aromatic heterocycles. The first-order valence-electron chi connectivity index (χ1n) is 6.31. The van der Waals surface area contributed by atoms with Crippen LogP contribution in [0.1, 0.15) is 38.7 Å². The van der Waals surface area contributed by atoms with Gasteiger partial charge in [-0.05, 0) is 42.9 Å². The van der Waals surface area contributed by atoms with Crippen LogP contribution in [0.3, 0.4) is 0 Å². The summed E-state index contributed by atoms with van der Waals surface area (Å²) in [5, 5.41) is 3.22. The Morgan fingerprint density at radius 1 is 1.32 bits per heavy atom. The highest BCUT2D eigenvalue weighted by atomic mass is 79.9. The van der Waals surface area contributed by atoms with Crippen LogP contribution in [0.25, 0.3) is 0 Å². The molecular weight excluding hydrogens is 319 g/mol. The molecule has 1 aromatic carbocycles. The van der Waals surface area contributed by atoms with Gasteiger partial charge >= 0.3 is 6.18 Å². The highest BCUT2D eigenvalue weighted by molar-refractivity contribution is 9.10. The fourth-order valence-corrected chi connectivity index (χ4v) is 3.10. The van der Waals surface area contributed by atoms with E-state index in [1.165, 1.54) is 12.1 Å². The lowest BCUT2D eigenvalue weighted by Crippen LogP contribution is -2.18. The van der Waals surface area contributed by atoms with E-state index in [0.29, 0.717) is 5.69 Å². The third-order valence-electron chi connectivity index (χ3n) is 3.61. The van der Waals surface area contributed by atoms with Gasteiger partial charge in [0, 0.05) is 16.2 Å². The zero-order valence-electron chi connectivity index (χ0n) is 10.9. The van der Waals surface area contributed by atoms with Gasteiger partial charge in [0.1, 0.15) is 0 Å². The van der Waals surface area contributed by atoms with E-state index in [1.807, 2.05) is 0 Å². The normalized spacial score (nSPS) is 22.5. The van der Waals surface area contributed by atoms with Crippen molar-refractivity contribution in [1.82, 2.24) is 0 Å². The first-order chi connectivity index (χ1) is 8.67. The number of hydrogen-bond donors (Lipinski definition) is 1. The van der Waals surface area contributed by atoms with E-state index in [1.54, 1.807) is 6.07 Å². The molecule has 0 aliphatic heterocycles. The van der Waals surface area contributed by atoms with Crippen molar-refractivity contribution in [2.75, 3.05) is 5.32 Å². The molecule has 1 nitrogen and oxygen atoms in total. The Bertz CT molecular complexity index is 468. The average Bonchev–Trinajstić information content (AvgIpc) is 2.59. The van der Waals surface area contributed by atoms with Gasteiger partial charge in [0.2, 0.25) is 0 Å². The maximum atomic E-state index is 12.8. The maximum absolute atomic E-state index is 12.8. The van der Waals surface area contributed by atoms with Gasteiger partial charge in [0.05, 0.1) is 5.56 Å². The van der Waals surface area contributed by atoms with Crippen molar-refractivity contribution < 1.29 is 13.2 Å². The zero-order chi connectivity index (χ0) is 14.3. The number of nitrogens with one attached hydrogen (secondary N) is 1. The number of anilines is 1. The highest BCUT2D eigenvalue weighted by Crippen LogP contribution is 2.40. The number of halogens is 4. The van der Waals surface area contributed by atoms with Crippen molar-refractivity contribution >= 4 is 21.6 Å². The van der Waals surface area contributed by atoms with Crippen LogP contribution in [-0.2, 0) is 6.18 Å². The van der Waals surface area contributed by atoms with E-state index in [4.69, 9.17) is 0 Å². The van der Waals surface area contributed by atoms with Crippen LogP contribution in [0.5, 0.6) is 0 Å². The van der Waals surface area contributed by atoms with E-state index < -0.39 is 11.7 Å². The van der Waals surface area contributed by atoms with Crippen LogP contribution in [0.15, 0.2) is 22.7 Å². The van der Waals surface area contributed by atoms with Crippen LogP contribution in [0.4, 0.5) is 18.9 Å². The van der Waals surface area contributed by atoms with Crippen LogP contribution in [0, 0.1) is 5.41 Å². The predicted molar refractivity (Wildman–Crippen MR) is 74.2 cm³/mol. The van der Waals surface area contributed by atoms with Gasteiger partial charge < -0.3 is 5.32 Å². The van der Waals surface area contributed by atoms with Gasteiger partial charge in [-0.1, -0.05) is 29.8 Å². The van der Waals surface area contributed by atoms with Crippen molar-refractivity contribution in [1.29, 1.82) is 0 Å². The van der Waals surface area contributed by atoms with E-state index in [0.717, 1.165) is 19.3 Å². The van der Waals surface area contributed by atoms with Gasteiger partial charge in [-0.15, -0.1) is 0 Å². The molecule has 19 heavy (non-hydrogen) atoms. The van der Waals surface area contributed by atoms with Crippen molar-refractivity contribution in [3.8, 4) is 0 Å². The second kappa shape index (κ2) is 5.00. The molecule has 1 aromatic rings. The average molecular weight is 336 g/mol. The van der Waals surface area contributed by atoms with Gasteiger partial charge in [-0.3, -0.25) is 0 Å².